The fourth-order valence-electron chi connectivity index (χ4n) is 1.57. The van der Waals surface area contributed by atoms with Crippen LogP contribution in [0.1, 0.15) is 10.6 Å². The zero-order chi connectivity index (χ0) is 16.7. The molecular weight excluding hydrogens is 373 g/mol. The molecule has 2 aromatic rings. The van der Waals surface area contributed by atoms with Crippen molar-refractivity contribution in [2.24, 2.45) is 0 Å². The first-order valence-corrected chi connectivity index (χ1v) is 7.41. The highest BCUT2D eigenvalue weighted by Crippen LogP contribution is 2.13. The van der Waals surface area contributed by atoms with Crippen LogP contribution in [-0.2, 0) is 9.53 Å². The van der Waals surface area contributed by atoms with Crippen LogP contribution in [0.15, 0.2) is 45.5 Å². The number of carbonyl (C=O) groups excluding carboxylic acids is 2. The Morgan fingerprint density at radius 1 is 1.13 bits per heavy atom. The van der Waals surface area contributed by atoms with Crippen molar-refractivity contribution in [3.63, 3.8) is 0 Å². The van der Waals surface area contributed by atoms with Gasteiger partial charge in [0.1, 0.15) is 31.3 Å². The number of furan rings is 1. The van der Waals surface area contributed by atoms with E-state index in [1.807, 2.05) is 0 Å². The lowest BCUT2D eigenvalue weighted by molar-refractivity contribution is -0.143. The number of esters is 1. The Morgan fingerprint density at radius 2 is 1.87 bits per heavy atom. The minimum atomic E-state index is -0.605. The second kappa shape index (κ2) is 8.33. The lowest BCUT2D eigenvalue weighted by atomic mass is 10.3. The van der Waals surface area contributed by atoms with Gasteiger partial charge in [-0.3, -0.25) is 9.59 Å². The predicted molar refractivity (Wildman–Crippen MR) is 81.6 cm³/mol. The number of hydrogen-bond donors (Lipinski definition) is 1. The van der Waals surface area contributed by atoms with Crippen molar-refractivity contribution < 1.29 is 27.9 Å². The van der Waals surface area contributed by atoms with E-state index in [9.17, 15) is 14.0 Å². The van der Waals surface area contributed by atoms with E-state index < -0.39 is 11.9 Å². The number of benzene rings is 1. The van der Waals surface area contributed by atoms with Gasteiger partial charge >= 0.3 is 5.97 Å². The van der Waals surface area contributed by atoms with Crippen LogP contribution in [0.2, 0.25) is 0 Å². The number of halogens is 2. The van der Waals surface area contributed by atoms with Crippen LogP contribution in [0.3, 0.4) is 0 Å². The van der Waals surface area contributed by atoms with E-state index in [2.05, 4.69) is 21.2 Å². The van der Waals surface area contributed by atoms with Gasteiger partial charge in [-0.05, 0) is 52.3 Å². The molecule has 1 aromatic heterocycles. The lowest BCUT2D eigenvalue weighted by Crippen LogP contribution is -2.31. The topological polar surface area (TPSA) is 77.8 Å². The van der Waals surface area contributed by atoms with Gasteiger partial charge in [-0.15, -0.1) is 0 Å². The SMILES string of the molecule is O=C(CNC(=O)c1ccc(Br)o1)OCCOc1ccc(F)cc1. The van der Waals surface area contributed by atoms with Crippen LogP contribution < -0.4 is 10.1 Å². The van der Waals surface area contributed by atoms with Crippen LogP contribution in [0.4, 0.5) is 4.39 Å². The van der Waals surface area contributed by atoms with Crippen LogP contribution in [0.25, 0.3) is 0 Å². The summed E-state index contributed by atoms with van der Waals surface area (Å²) in [6.45, 7) is -0.150. The molecule has 8 heteroatoms. The van der Waals surface area contributed by atoms with E-state index in [1.165, 1.54) is 30.3 Å². The molecule has 0 fully saturated rings. The van der Waals surface area contributed by atoms with Crippen molar-refractivity contribution in [3.8, 4) is 5.75 Å². The number of rotatable bonds is 7. The maximum Gasteiger partial charge on any atom is 0.325 e. The Kier molecular flexibility index (Phi) is 6.16. The molecule has 0 saturated carbocycles. The van der Waals surface area contributed by atoms with Crippen LogP contribution >= 0.6 is 15.9 Å². The zero-order valence-corrected chi connectivity index (χ0v) is 13.5. The molecule has 6 nitrogen and oxygen atoms in total. The molecule has 0 atom stereocenters. The van der Waals surface area contributed by atoms with Gasteiger partial charge < -0.3 is 19.2 Å². The Hall–Kier alpha value is -2.35. The quantitative estimate of drug-likeness (QED) is 0.585. The van der Waals surface area contributed by atoms with Crippen molar-refractivity contribution >= 4 is 27.8 Å². The van der Waals surface area contributed by atoms with E-state index in [0.29, 0.717) is 10.4 Å². The summed E-state index contributed by atoms with van der Waals surface area (Å²) >= 11 is 3.07. The van der Waals surface area contributed by atoms with Crippen molar-refractivity contribution in [2.75, 3.05) is 19.8 Å². The number of hydrogen-bond acceptors (Lipinski definition) is 5. The molecule has 0 spiro atoms. The molecule has 1 amide bonds. The average molecular weight is 386 g/mol. The molecule has 0 aliphatic carbocycles. The van der Waals surface area contributed by atoms with E-state index in [0.717, 1.165) is 0 Å². The third-order valence-corrected chi connectivity index (χ3v) is 3.05. The first-order valence-electron chi connectivity index (χ1n) is 6.62. The highest BCUT2D eigenvalue weighted by atomic mass is 79.9. The molecule has 1 heterocycles. The summed E-state index contributed by atoms with van der Waals surface area (Å²) in [7, 11) is 0. The Morgan fingerprint density at radius 3 is 2.52 bits per heavy atom. The summed E-state index contributed by atoms with van der Waals surface area (Å²) in [6, 6.07) is 8.52. The van der Waals surface area contributed by atoms with E-state index in [4.69, 9.17) is 13.9 Å². The van der Waals surface area contributed by atoms with Gasteiger partial charge in [0.2, 0.25) is 0 Å². The summed E-state index contributed by atoms with van der Waals surface area (Å²) in [6.07, 6.45) is 0. The maximum atomic E-state index is 12.7. The number of carbonyl (C=O) groups is 2. The van der Waals surface area contributed by atoms with Crippen molar-refractivity contribution in [2.45, 2.75) is 0 Å². The van der Waals surface area contributed by atoms with Gasteiger partial charge in [0.25, 0.3) is 5.91 Å². The fourth-order valence-corrected chi connectivity index (χ4v) is 1.88. The monoisotopic (exact) mass is 385 g/mol. The van der Waals surface area contributed by atoms with Gasteiger partial charge in [-0.1, -0.05) is 0 Å². The smallest absolute Gasteiger partial charge is 0.325 e. The highest BCUT2D eigenvalue weighted by molar-refractivity contribution is 9.10. The normalized spacial score (nSPS) is 10.2. The Bertz CT molecular complexity index is 671. The summed E-state index contributed by atoms with van der Waals surface area (Å²) in [5, 5.41) is 2.37. The van der Waals surface area contributed by atoms with Gasteiger partial charge in [0.15, 0.2) is 10.4 Å². The first kappa shape index (κ1) is 17.0. The lowest BCUT2D eigenvalue weighted by Gasteiger charge is -2.07. The first-order chi connectivity index (χ1) is 11.0. The number of nitrogens with one attached hydrogen (secondary N) is 1. The van der Waals surface area contributed by atoms with Gasteiger partial charge in [0, 0.05) is 0 Å². The molecule has 0 aliphatic heterocycles. The predicted octanol–water partition coefficient (Wildman–Crippen LogP) is 2.53. The molecule has 0 radical (unpaired) electrons. The third-order valence-electron chi connectivity index (χ3n) is 2.62. The van der Waals surface area contributed by atoms with Crippen molar-refractivity contribution in [1.29, 1.82) is 0 Å². The molecule has 0 saturated heterocycles. The standard InChI is InChI=1S/C15H13BrFNO5/c16-13-6-5-12(23-13)15(20)18-9-14(19)22-8-7-21-11-3-1-10(17)2-4-11/h1-6H,7-9H2,(H,18,20). The third kappa shape index (κ3) is 5.74. The van der Waals surface area contributed by atoms with Crippen molar-refractivity contribution in [1.82, 2.24) is 5.32 Å². The zero-order valence-electron chi connectivity index (χ0n) is 11.9. The fraction of sp³-hybridized carbons (Fsp3) is 0.200. The molecule has 2 rings (SSSR count). The summed E-state index contributed by atoms with van der Waals surface area (Å²) < 4.78 is 28.3. The van der Waals surface area contributed by atoms with Crippen LogP contribution in [0, 0.1) is 5.82 Å². The molecule has 0 unspecified atom stereocenters. The van der Waals surface area contributed by atoms with E-state index in [-0.39, 0.29) is 31.3 Å². The Labute approximate surface area is 139 Å². The summed E-state index contributed by atoms with van der Waals surface area (Å²) in [4.78, 5) is 23.1. The van der Waals surface area contributed by atoms with Crippen LogP contribution in [-0.4, -0.2) is 31.6 Å². The van der Waals surface area contributed by atoms with Gasteiger partial charge in [-0.2, -0.15) is 0 Å². The van der Waals surface area contributed by atoms with E-state index >= 15 is 0 Å². The summed E-state index contributed by atoms with van der Waals surface area (Å²) in [5.74, 6) is -0.923. The molecule has 1 aromatic carbocycles. The van der Waals surface area contributed by atoms with Crippen LogP contribution in [0.5, 0.6) is 5.75 Å². The minimum Gasteiger partial charge on any atom is -0.490 e. The largest absolute Gasteiger partial charge is 0.490 e. The number of amides is 1. The van der Waals surface area contributed by atoms with E-state index in [1.54, 1.807) is 6.07 Å². The minimum absolute atomic E-state index is 0.0123. The highest BCUT2D eigenvalue weighted by Gasteiger charge is 2.12. The molecule has 122 valence electrons. The molecular formula is C15H13BrFNO5. The van der Waals surface area contributed by atoms with Crippen molar-refractivity contribution in [3.05, 3.63) is 52.6 Å². The molecule has 0 aliphatic rings. The van der Waals surface area contributed by atoms with Gasteiger partial charge in [-0.25, -0.2) is 4.39 Å². The number of ether oxygens (including phenoxy) is 2. The maximum absolute atomic E-state index is 12.7. The second-order valence-electron chi connectivity index (χ2n) is 4.31. The Balaban J connectivity index is 1.61. The summed E-state index contributed by atoms with van der Waals surface area (Å²) in [5.41, 5.74) is 0. The van der Waals surface area contributed by atoms with Gasteiger partial charge in [0.05, 0.1) is 0 Å². The molecule has 1 N–H and O–H groups in total. The molecule has 0 bridgehead atoms. The average Bonchev–Trinajstić information content (AvgIpc) is 2.97. The molecule has 23 heavy (non-hydrogen) atoms. The second-order valence-corrected chi connectivity index (χ2v) is 5.09.